The first-order chi connectivity index (χ1) is 11.5. The van der Waals surface area contributed by atoms with Gasteiger partial charge in [-0.3, -0.25) is 4.79 Å². The summed E-state index contributed by atoms with van der Waals surface area (Å²) in [5.41, 5.74) is 0.407. The highest BCUT2D eigenvalue weighted by Crippen LogP contribution is 2.65. The molecule has 1 atom stereocenters. The molecule has 3 saturated carbocycles. The fourth-order valence-corrected chi connectivity index (χ4v) is 4.62. The summed E-state index contributed by atoms with van der Waals surface area (Å²) in [5.74, 6) is -0.191. The van der Waals surface area contributed by atoms with Crippen molar-refractivity contribution in [2.75, 3.05) is 20.2 Å². The Morgan fingerprint density at radius 2 is 2.04 bits per heavy atom. The number of likely N-dealkylation sites (tertiary alicyclic amines) is 1. The van der Waals surface area contributed by atoms with Crippen LogP contribution in [-0.2, 0) is 9.53 Å². The van der Waals surface area contributed by atoms with Crippen LogP contribution in [0.4, 0.5) is 4.39 Å². The topological polar surface area (TPSA) is 46.6 Å². The van der Waals surface area contributed by atoms with Crippen LogP contribution in [0.3, 0.4) is 0 Å². The quantitative estimate of drug-likeness (QED) is 0.800. The van der Waals surface area contributed by atoms with Gasteiger partial charge in [0.1, 0.15) is 5.82 Å². The molecule has 128 valence electrons. The number of halogens is 1. The van der Waals surface area contributed by atoms with Gasteiger partial charge >= 0.3 is 5.97 Å². The summed E-state index contributed by atoms with van der Waals surface area (Å²) in [7, 11) is 1.25. The number of rotatable bonds is 3. The summed E-state index contributed by atoms with van der Waals surface area (Å²) in [6, 6.07) is 4.85. The summed E-state index contributed by atoms with van der Waals surface area (Å²) in [6.45, 7) is 1.31. The van der Waals surface area contributed by atoms with Gasteiger partial charge in [0.25, 0.3) is 0 Å². The van der Waals surface area contributed by atoms with Crippen LogP contribution in [0.15, 0.2) is 18.2 Å². The van der Waals surface area contributed by atoms with Crippen molar-refractivity contribution in [3.05, 3.63) is 35.1 Å². The second-order valence-electron chi connectivity index (χ2n) is 7.55. The Labute approximate surface area is 141 Å². The second kappa shape index (κ2) is 5.57. The molecule has 2 bridgehead atoms. The van der Waals surface area contributed by atoms with Crippen molar-refractivity contribution in [3.8, 4) is 0 Å². The van der Waals surface area contributed by atoms with Crippen LogP contribution in [0.2, 0.25) is 0 Å². The van der Waals surface area contributed by atoms with E-state index < -0.39 is 11.8 Å². The summed E-state index contributed by atoms with van der Waals surface area (Å²) >= 11 is 0. The maximum Gasteiger partial charge on any atom is 0.340 e. The Hall–Kier alpha value is -1.91. The average Bonchev–Trinajstić information content (AvgIpc) is 2.51. The first-order valence-electron chi connectivity index (χ1n) is 8.70. The minimum Gasteiger partial charge on any atom is -0.465 e. The Bertz CT molecular complexity index is 685. The van der Waals surface area contributed by atoms with Crippen molar-refractivity contribution >= 4 is 11.9 Å². The van der Waals surface area contributed by atoms with E-state index in [2.05, 4.69) is 4.74 Å². The van der Waals surface area contributed by atoms with Gasteiger partial charge in [-0.15, -0.1) is 0 Å². The standard InChI is InChI=1S/C19H22FNO3/c1-24-17(22)15-6-2-5-14(16(15)20)13-4-3-7-21(11-13)18(23)19-8-12(9-19)10-19/h2,5-6,12-13H,3-4,7-11H2,1H3/t12?,13-,19?/m1/s1. The van der Waals surface area contributed by atoms with Gasteiger partial charge in [-0.2, -0.15) is 0 Å². The molecule has 1 saturated heterocycles. The van der Waals surface area contributed by atoms with E-state index in [4.69, 9.17) is 0 Å². The molecule has 4 aliphatic rings. The largest absolute Gasteiger partial charge is 0.465 e. The van der Waals surface area contributed by atoms with E-state index in [1.54, 1.807) is 12.1 Å². The van der Waals surface area contributed by atoms with Gasteiger partial charge in [-0.1, -0.05) is 12.1 Å². The highest BCUT2D eigenvalue weighted by molar-refractivity contribution is 5.90. The van der Waals surface area contributed by atoms with Crippen LogP contribution in [0.25, 0.3) is 0 Å². The minimum absolute atomic E-state index is 0.0297. The third kappa shape index (κ3) is 2.25. The molecule has 1 aliphatic heterocycles. The van der Waals surface area contributed by atoms with E-state index in [1.807, 2.05) is 4.90 Å². The number of methoxy groups -OCH3 is 1. The highest BCUT2D eigenvalue weighted by Gasteiger charge is 2.62. The van der Waals surface area contributed by atoms with Crippen LogP contribution >= 0.6 is 0 Å². The van der Waals surface area contributed by atoms with Crippen molar-refractivity contribution in [1.82, 2.24) is 4.90 Å². The number of benzene rings is 1. The van der Waals surface area contributed by atoms with Crippen LogP contribution in [-0.4, -0.2) is 37.0 Å². The molecule has 5 heteroatoms. The highest BCUT2D eigenvalue weighted by atomic mass is 19.1. The molecule has 1 heterocycles. The van der Waals surface area contributed by atoms with Gasteiger partial charge in [0.05, 0.1) is 18.1 Å². The smallest absolute Gasteiger partial charge is 0.340 e. The number of carbonyl (C=O) groups excluding carboxylic acids is 2. The van der Waals surface area contributed by atoms with Crippen LogP contribution in [0, 0.1) is 17.2 Å². The molecule has 4 nitrogen and oxygen atoms in total. The molecule has 0 aromatic heterocycles. The van der Waals surface area contributed by atoms with Crippen LogP contribution in [0.1, 0.15) is 53.9 Å². The number of hydrogen-bond donors (Lipinski definition) is 0. The lowest BCUT2D eigenvalue weighted by atomic mass is 9.44. The van der Waals surface area contributed by atoms with E-state index in [1.165, 1.54) is 13.2 Å². The maximum absolute atomic E-state index is 14.7. The van der Waals surface area contributed by atoms with E-state index in [0.29, 0.717) is 12.1 Å². The molecule has 0 N–H and O–H groups in total. The fourth-order valence-electron chi connectivity index (χ4n) is 4.62. The average molecular weight is 331 g/mol. The Morgan fingerprint density at radius 1 is 1.29 bits per heavy atom. The Balaban J connectivity index is 1.54. The normalized spacial score (nSPS) is 31.0. The van der Waals surface area contributed by atoms with Crippen molar-refractivity contribution in [2.45, 2.75) is 38.0 Å². The minimum atomic E-state index is -0.660. The number of piperidine rings is 1. The monoisotopic (exact) mass is 331 g/mol. The lowest BCUT2D eigenvalue weighted by Crippen LogP contribution is -2.62. The molecule has 24 heavy (non-hydrogen) atoms. The van der Waals surface area contributed by atoms with E-state index >= 15 is 0 Å². The molecule has 1 aromatic rings. The number of ether oxygens (including phenoxy) is 1. The molecule has 3 aliphatic carbocycles. The van der Waals surface area contributed by atoms with Crippen molar-refractivity contribution < 1.29 is 18.7 Å². The zero-order chi connectivity index (χ0) is 16.9. The number of esters is 1. The molecular weight excluding hydrogens is 309 g/mol. The van der Waals surface area contributed by atoms with Crippen LogP contribution < -0.4 is 0 Å². The number of nitrogens with zero attached hydrogens (tertiary/aromatic N) is 1. The summed E-state index contributed by atoms with van der Waals surface area (Å²) < 4.78 is 19.4. The molecule has 1 amide bonds. The van der Waals surface area contributed by atoms with Gasteiger partial charge in [-0.05, 0) is 49.7 Å². The summed E-state index contributed by atoms with van der Waals surface area (Å²) in [5, 5.41) is 0. The third-order valence-electron chi connectivity index (χ3n) is 6.07. The zero-order valence-corrected chi connectivity index (χ0v) is 13.9. The SMILES string of the molecule is COC(=O)c1cccc([C@@H]2CCCN(C(=O)C34CC(C3)C4)C2)c1F. The summed E-state index contributed by atoms with van der Waals surface area (Å²) in [4.78, 5) is 26.4. The third-order valence-corrected chi connectivity index (χ3v) is 6.07. The molecule has 5 rings (SSSR count). The van der Waals surface area contributed by atoms with Gasteiger partial charge < -0.3 is 9.64 Å². The summed E-state index contributed by atoms with van der Waals surface area (Å²) in [6.07, 6.45) is 4.83. The Kier molecular flexibility index (Phi) is 3.62. The molecule has 0 unspecified atom stereocenters. The lowest BCUT2D eigenvalue weighted by Gasteiger charge is -2.61. The second-order valence-corrected chi connectivity index (χ2v) is 7.55. The van der Waals surface area contributed by atoms with Crippen molar-refractivity contribution in [1.29, 1.82) is 0 Å². The molecule has 4 fully saturated rings. The van der Waals surface area contributed by atoms with E-state index in [-0.39, 0.29) is 22.8 Å². The van der Waals surface area contributed by atoms with E-state index in [0.717, 1.165) is 44.6 Å². The number of amides is 1. The van der Waals surface area contributed by atoms with Crippen LogP contribution in [0.5, 0.6) is 0 Å². The molecule has 1 aromatic carbocycles. The van der Waals surface area contributed by atoms with Gasteiger partial charge in [0, 0.05) is 19.0 Å². The fraction of sp³-hybridized carbons (Fsp3) is 0.579. The predicted molar refractivity (Wildman–Crippen MR) is 86.1 cm³/mol. The molecule has 0 spiro atoms. The number of hydrogen-bond acceptors (Lipinski definition) is 3. The van der Waals surface area contributed by atoms with Crippen molar-refractivity contribution in [3.63, 3.8) is 0 Å². The zero-order valence-electron chi connectivity index (χ0n) is 13.9. The number of carbonyl (C=O) groups is 2. The maximum atomic E-state index is 14.7. The van der Waals surface area contributed by atoms with Crippen molar-refractivity contribution in [2.24, 2.45) is 11.3 Å². The first-order valence-corrected chi connectivity index (χ1v) is 8.70. The van der Waals surface area contributed by atoms with Gasteiger partial charge in [-0.25, -0.2) is 9.18 Å². The first kappa shape index (κ1) is 15.6. The van der Waals surface area contributed by atoms with E-state index in [9.17, 15) is 14.0 Å². The Morgan fingerprint density at radius 3 is 2.67 bits per heavy atom. The predicted octanol–water partition coefficient (Wildman–Crippen LogP) is 3.12. The van der Waals surface area contributed by atoms with Gasteiger partial charge in [0.2, 0.25) is 5.91 Å². The molecule has 0 radical (unpaired) electrons. The van der Waals surface area contributed by atoms with Gasteiger partial charge in [0.15, 0.2) is 0 Å². The lowest BCUT2D eigenvalue weighted by molar-refractivity contribution is -0.178. The molecular formula is C19H22FNO3.